The van der Waals surface area contributed by atoms with Crippen LogP contribution in [0.25, 0.3) is 0 Å². The molecule has 0 atom stereocenters. The number of hydrogen-bond donors (Lipinski definition) is 1. The third-order valence-corrected chi connectivity index (χ3v) is 2.45. The van der Waals surface area contributed by atoms with Gasteiger partial charge in [0.2, 0.25) is 5.76 Å². The van der Waals surface area contributed by atoms with Crippen LogP contribution in [0.3, 0.4) is 0 Å². The lowest BCUT2D eigenvalue weighted by Crippen LogP contribution is -2.08. The van der Waals surface area contributed by atoms with E-state index in [1.807, 2.05) is 0 Å². The van der Waals surface area contributed by atoms with E-state index in [0.717, 1.165) is 10.9 Å². The number of carboxylic acid groups (broad SMARTS) is 1. The van der Waals surface area contributed by atoms with Crippen molar-refractivity contribution in [1.29, 1.82) is 0 Å². The molecule has 1 N–H and O–H groups in total. The molecule has 5 nitrogen and oxygen atoms in total. The zero-order valence-corrected chi connectivity index (χ0v) is 9.87. The first-order valence-electron chi connectivity index (χ1n) is 4.89. The first kappa shape index (κ1) is 13.5. The van der Waals surface area contributed by atoms with Gasteiger partial charge in [0, 0.05) is 6.20 Å². The maximum absolute atomic E-state index is 12.4. The minimum Gasteiger partial charge on any atom is -0.475 e. The second kappa shape index (κ2) is 4.61. The fourth-order valence-corrected chi connectivity index (χ4v) is 1.67. The number of carbonyl (C=O) groups is 1. The van der Waals surface area contributed by atoms with Crippen LogP contribution >= 0.6 is 11.6 Å². The monoisotopic (exact) mass is 294 g/mol. The number of aromatic carboxylic acids is 1. The molecule has 0 bridgehead atoms. The highest BCUT2D eigenvalue weighted by Crippen LogP contribution is 2.33. The smallest absolute Gasteiger partial charge is 0.436 e. The number of halogens is 4. The molecule has 0 aliphatic heterocycles. The van der Waals surface area contributed by atoms with Gasteiger partial charge in [-0.05, 0) is 12.1 Å². The number of aromatic nitrogens is 2. The van der Waals surface area contributed by atoms with Gasteiger partial charge in [0.05, 0.1) is 11.6 Å². The highest BCUT2D eigenvalue weighted by atomic mass is 35.5. The van der Waals surface area contributed by atoms with Gasteiger partial charge < -0.3 is 9.52 Å². The summed E-state index contributed by atoms with van der Waals surface area (Å²) in [6, 6.07) is 2.54. The minimum atomic E-state index is -4.64. The van der Waals surface area contributed by atoms with Crippen LogP contribution in [0.5, 0.6) is 0 Å². The Morgan fingerprint density at radius 2 is 2.16 bits per heavy atom. The van der Waals surface area contributed by atoms with Gasteiger partial charge >= 0.3 is 12.1 Å². The number of nitrogens with zero attached hydrogens (tertiary/aromatic N) is 2. The highest BCUT2D eigenvalue weighted by Gasteiger charge is 2.36. The van der Waals surface area contributed by atoms with E-state index in [-0.39, 0.29) is 18.1 Å². The molecule has 0 fully saturated rings. The summed E-state index contributed by atoms with van der Waals surface area (Å²) in [5.74, 6) is -1.41. The van der Waals surface area contributed by atoms with Crippen molar-refractivity contribution in [2.45, 2.75) is 12.7 Å². The lowest BCUT2D eigenvalue weighted by Gasteiger charge is -2.01. The maximum atomic E-state index is 12.4. The zero-order valence-electron chi connectivity index (χ0n) is 9.11. The quantitative estimate of drug-likeness (QED) is 0.945. The van der Waals surface area contributed by atoms with Crippen LogP contribution in [-0.4, -0.2) is 20.9 Å². The van der Waals surface area contributed by atoms with Crippen molar-refractivity contribution in [1.82, 2.24) is 9.78 Å². The Morgan fingerprint density at radius 1 is 1.47 bits per heavy atom. The van der Waals surface area contributed by atoms with E-state index in [1.165, 1.54) is 12.1 Å². The molecular formula is C10H6ClF3N2O3. The second-order valence-electron chi connectivity index (χ2n) is 3.59. The van der Waals surface area contributed by atoms with E-state index in [2.05, 4.69) is 5.10 Å². The highest BCUT2D eigenvalue weighted by molar-refractivity contribution is 6.31. The average molecular weight is 295 g/mol. The molecule has 0 spiro atoms. The maximum Gasteiger partial charge on any atom is 0.436 e. The fraction of sp³-hybridized carbons (Fsp3) is 0.200. The zero-order chi connectivity index (χ0) is 14.2. The molecule has 0 aliphatic rings. The summed E-state index contributed by atoms with van der Waals surface area (Å²) in [7, 11) is 0. The Hall–Kier alpha value is -1.96. The number of carboxylic acids is 1. The van der Waals surface area contributed by atoms with E-state index >= 15 is 0 Å². The Bertz CT molecular complexity index is 618. The normalized spacial score (nSPS) is 11.8. The van der Waals surface area contributed by atoms with E-state index in [9.17, 15) is 18.0 Å². The third-order valence-electron chi connectivity index (χ3n) is 2.18. The van der Waals surface area contributed by atoms with E-state index in [1.54, 1.807) is 0 Å². The minimum absolute atomic E-state index is 0.150. The molecule has 19 heavy (non-hydrogen) atoms. The summed E-state index contributed by atoms with van der Waals surface area (Å²) in [4.78, 5) is 10.6. The van der Waals surface area contributed by atoms with Crippen molar-refractivity contribution in [2.75, 3.05) is 0 Å². The van der Waals surface area contributed by atoms with Crippen molar-refractivity contribution >= 4 is 17.6 Å². The fourth-order valence-electron chi connectivity index (χ4n) is 1.41. The van der Waals surface area contributed by atoms with Crippen LogP contribution < -0.4 is 0 Å². The van der Waals surface area contributed by atoms with Gasteiger partial charge in [-0.2, -0.15) is 18.3 Å². The van der Waals surface area contributed by atoms with Gasteiger partial charge in [0.1, 0.15) is 5.76 Å². The molecule has 102 valence electrons. The van der Waals surface area contributed by atoms with Gasteiger partial charge in [-0.15, -0.1) is 0 Å². The summed E-state index contributed by atoms with van der Waals surface area (Å²) in [6.07, 6.45) is -3.65. The second-order valence-corrected chi connectivity index (χ2v) is 4.00. The van der Waals surface area contributed by atoms with Gasteiger partial charge in [-0.1, -0.05) is 11.6 Å². The van der Waals surface area contributed by atoms with Crippen LogP contribution in [0, 0.1) is 0 Å². The van der Waals surface area contributed by atoms with Crippen molar-refractivity contribution in [3.05, 3.63) is 40.6 Å². The summed E-state index contributed by atoms with van der Waals surface area (Å²) >= 11 is 5.42. The van der Waals surface area contributed by atoms with Crippen LogP contribution in [0.1, 0.15) is 22.0 Å². The molecular weight excluding hydrogens is 289 g/mol. The van der Waals surface area contributed by atoms with Crippen LogP contribution in [-0.2, 0) is 12.7 Å². The third kappa shape index (κ3) is 2.90. The first-order valence-corrected chi connectivity index (χ1v) is 5.27. The van der Waals surface area contributed by atoms with Crippen molar-refractivity contribution < 1.29 is 27.5 Å². The Kier molecular flexibility index (Phi) is 3.27. The predicted molar refractivity (Wildman–Crippen MR) is 57.0 cm³/mol. The number of alkyl halides is 3. The number of rotatable bonds is 3. The standard InChI is InChI=1S/C10H6ClF3N2O3/c11-6-4-16(15-8(6)10(12,13)14)3-5-1-2-7(19-5)9(17)18/h1-2,4H,3H2,(H,17,18). The Morgan fingerprint density at radius 3 is 2.63 bits per heavy atom. The predicted octanol–water partition coefficient (Wildman–Crippen LogP) is 2.89. The van der Waals surface area contributed by atoms with Crippen molar-refractivity contribution in [3.63, 3.8) is 0 Å². The Balaban J connectivity index is 2.22. The molecule has 0 saturated heterocycles. The van der Waals surface area contributed by atoms with Crippen molar-refractivity contribution in [2.24, 2.45) is 0 Å². The van der Waals surface area contributed by atoms with E-state index in [0.29, 0.717) is 0 Å². The Labute approximate surface area is 109 Å². The topological polar surface area (TPSA) is 68.3 Å². The molecule has 2 aromatic rings. The first-order chi connectivity index (χ1) is 8.77. The van der Waals surface area contributed by atoms with E-state index < -0.39 is 22.9 Å². The summed E-state index contributed by atoms with van der Waals surface area (Å²) < 4.78 is 43.2. The summed E-state index contributed by atoms with van der Waals surface area (Å²) in [5.41, 5.74) is -1.20. The average Bonchev–Trinajstić information content (AvgIpc) is 2.85. The number of furan rings is 1. The molecule has 2 heterocycles. The molecule has 0 aliphatic carbocycles. The van der Waals surface area contributed by atoms with Gasteiger partial charge in [0.15, 0.2) is 5.69 Å². The van der Waals surface area contributed by atoms with Crippen LogP contribution in [0.15, 0.2) is 22.7 Å². The van der Waals surface area contributed by atoms with Crippen LogP contribution in [0.2, 0.25) is 5.02 Å². The van der Waals surface area contributed by atoms with E-state index in [4.69, 9.17) is 21.1 Å². The molecule has 2 aromatic heterocycles. The van der Waals surface area contributed by atoms with Crippen molar-refractivity contribution in [3.8, 4) is 0 Å². The molecule has 0 saturated carbocycles. The van der Waals surface area contributed by atoms with Gasteiger partial charge in [-0.3, -0.25) is 4.68 Å². The molecule has 0 amide bonds. The molecule has 0 unspecified atom stereocenters. The summed E-state index contributed by atoms with van der Waals surface area (Å²) in [5, 5.41) is 11.4. The lowest BCUT2D eigenvalue weighted by atomic mass is 10.4. The summed E-state index contributed by atoms with van der Waals surface area (Å²) in [6.45, 7) is -0.150. The van der Waals surface area contributed by atoms with Gasteiger partial charge in [0.25, 0.3) is 0 Å². The molecule has 9 heteroatoms. The SMILES string of the molecule is O=C(O)c1ccc(Cn2cc(Cl)c(C(F)(F)F)n2)o1. The molecule has 0 aromatic carbocycles. The van der Waals surface area contributed by atoms with Crippen LogP contribution in [0.4, 0.5) is 13.2 Å². The van der Waals surface area contributed by atoms with Gasteiger partial charge in [-0.25, -0.2) is 4.79 Å². The number of hydrogen-bond acceptors (Lipinski definition) is 3. The molecule has 2 rings (SSSR count). The lowest BCUT2D eigenvalue weighted by molar-refractivity contribution is -0.141. The largest absolute Gasteiger partial charge is 0.475 e. The molecule has 0 radical (unpaired) electrons.